The van der Waals surface area contributed by atoms with E-state index < -0.39 is 6.10 Å². The predicted molar refractivity (Wildman–Crippen MR) is 103 cm³/mol. The number of rotatable bonds is 11. The number of ether oxygens (including phenoxy) is 1. The lowest BCUT2D eigenvalue weighted by molar-refractivity contribution is 0.0969. The molecule has 0 bridgehead atoms. The maximum atomic E-state index is 9.96. The minimum absolute atomic E-state index is 0.452. The minimum Gasteiger partial charge on any atom is -0.389 e. The lowest BCUT2D eigenvalue weighted by Gasteiger charge is -2.06. The van der Waals surface area contributed by atoms with E-state index in [1.807, 2.05) is 24.4 Å². The normalized spacial score (nSPS) is 12.6. The molecule has 1 atom stereocenters. The molecule has 1 aromatic heterocycles. The lowest BCUT2D eigenvalue weighted by atomic mass is 10.0. The fourth-order valence-electron chi connectivity index (χ4n) is 2.50. The van der Waals surface area contributed by atoms with Crippen LogP contribution in [0.2, 0.25) is 0 Å². The second-order valence-electron chi connectivity index (χ2n) is 6.28. The van der Waals surface area contributed by atoms with E-state index in [4.69, 9.17) is 4.74 Å². The van der Waals surface area contributed by atoms with Gasteiger partial charge in [0.25, 0.3) is 0 Å². The van der Waals surface area contributed by atoms with Gasteiger partial charge < -0.3 is 9.84 Å². The predicted octanol–water partition coefficient (Wildman–Crippen LogP) is 4.45. The molecule has 1 unspecified atom stereocenters. The molecule has 2 aromatic rings. The van der Waals surface area contributed by atoms with Crippen molar-refractivity contribution < 1.29 is 9.84 Å². The monoisotopic (exact) mass is 339 g/mol. The van der Waals surface area contributed by atoms with Gasteiger partial charge in [-0.05, 0) is 42.0 Å². The zero-order valence-electron chi connectivity index (χ0n) is 15.1. The Kier molecular flexibility index (Phi) is 8.95. The van der Waals surface area contributed by atoms with Gasteiger partial charge in [-0.15, -0.1) is 0 Å². The molecule has 0 saturated carbocycles. The molecule has 1 heterocycles. The summed E-state index contributed by atoms with van der Waals surface area (Å²) in [4.78, 5) is 4.15. The van der Waals surface area contributed by atoms with Crippen LogP contribution in [0.5, 0.6) is 0 Å². The molecule has 0 fully saturated rings. The molecular weight excluding hydrogens is 310 g/mol. The number of benzene rings is 1. The summed E-state index contributed by atoms with van der Waals surface area (Å²) in [7, 11) is 0. The van der Waals surface area contributed by atoms with Crippen LogP contribution in [0, 0.1) is 0 Å². The highest BCUT2D eigenvalue weighted by Gasteiger charge is 2.00. The number of hydrogen-bond donors (Lipinski definition) is 1. The van der Waals surface area contributed by atoms with Gasteiger partial charge in [0.2, 0.25) is 0 Å². The smallest absolute Gasteiger partial charge is 0.0746 e. The first-order valence-corrected chi connectivity index (χ1v) is 9.20. The molecule has 1 N–H and O–H groups in total. The van der Waals surface area contributed by atoms with Gasteiger partial charge in [-0.3, -0.25) is 4.98 Å². The molecule has 0 amide bonds. The van der Waals surface area contributed by atoms with Crippen LogP contribution in [-0.4, -0.2) is 29.4 Å². The van der Waals surface area contributed by atoms with E-state index in [0.717, 1.165) is 37.9 Å². The van der Waals surface area contributed by atoms with E-state index in [1.165, 1.54) is 11.1 Å². The number of aliphatic hydroxyl groups excluding tert-OH is 1. The van der Waals surface area contributed by atoms with E-state index in [1.54, 1.807) is 6.20 Å². The third kappa shape index (κ3) is 8.10. The maximum absolute atomic E-state index is 9.96. The van der Waals surface area contributed by atoms with Crippen molar-refractivity contribution in [1.82, 2.24) is 4.98 Å². The van der Waals surface area contributed by atoms with Crippen molar-refractivity contribution in [2.75, 3.05) is 13.2 Å². The number of pyridine rings is 1. The van der Waals surface area contributed by atoms with Crippen LogP contribution >= 0.6 is 0 Å². The Labute approximate surface area is 151 Å². The molecule has 134 valence electrons. The lowest BCUT2D eigenvalue weighted by Crippen LogP contribution is -2.07. The average Bonchev–Trinajstić information content (AvgIpc) is 2.66. The largest absolute Gasteiger partial charge is 0.389 e. The molecule has 0 aliphatic rings. The van der Waals surface area contributed by atoms with Crippen molar-refractivity contribution in [2.24, 2.45) is 0 Å². The Bertz CT molecular complexity index is 608. The number of aromatic nitrogens is 1. The summed E-state index contributed by atoms with van der Waals surface area (Å²) < 4.78 is 5.48. The standard InChI is InChI=1S/C22H29NO2/c1-2-3-16-25-17-14-22(24)13-12-20-8-6-19(7-9-20)10-11-21-5-4-15-23-18-21/h4-9,12-13,15,18,22,24H,2-3,10-11,14,16-17H2,1H3. The number of aliphatic hydroxyl groups is 1. The first kappa shape index (κ1) is 19.4. The highest BCUT2D eigenvalue weighted by molar-refractivity contribution is 5.50. The summed E-state index contributed by atoms with van der Waals surface area (Å²) in [6.07, 6.45) is 12.0. The fourth-order valence-corrected chi connectivity index (χ4v) is 2.50. The first-order chi connectivity index (χ1) is 12.3. The summed E-state index contributed by atoms with van der Waals surface area (Å²) in [6.45, 7) is 3.54. The molecule has 0 aliphatic carbocycles. The van der Waals surface area contributed by atoms with E-state index >= 15 is 0 Å². The van der Waals surface area contributed by atoms with Gasteiger partial charge in [-0.2, -0.15) is 0 Å². The van der Waals surface area contributed by atoms with Crippen molar-refractivity contribution in [1.29, 1.82) is 0 Å². The zero-order chi connectivity index (χ0) is 17.7. The van der Waals surface area contributed by atoms with Gasteiger partial charge >= 0.3 is 0 Å². The van der Waals surface area contributed by atoms with Crippen LogP contribution < -0.4 is 0 Å². The van der Waals surface area contributed by atoms with Crippen LogP contribution in [-0.2, 0) is 17.6 Å². The van der Waals surface area contributed by atoms with Crippen molar-refractivity contribution >= 4 is 6.08 Å². The van der Waals surface area contributed by atoms with Crippen molar-refractivity contribution in [2.45, 2.75) is 45.1 Å². The highest BCUT2D eigenvalue weighted by atomic mass is 16.5. The molecule has 3 heteroatoms. The summed E-state index contributed by atoms with van der Waals surface area (Å²) >= 11 is 0. The summed E-state index contributed by atoms with van der Waals surface area (Å²) in [6, 6.07) is 12.6. The minimum atomic E-state index is -0.452. The maximum Gasteiger partial charge on any atom is 0.0746 e. The van der Waals surface area contributed by atoms with E-state index in [2.05, 4.69) is 42.2 Å². The van der Waals surface area contributed by atoms with Gasteiger partial charge in [0, 0.05) is 32.0 Å². The molecule has 0 radical (unpaired) electrons. The highest BCUT2D eigenvalue weighted by Crippen LogP contribution is 2.10. The third-order valence-corrected chi connectivity index (χ3v) is 4.12. The molecule has 3 nitrogen and oxygen atoms in total. The number of aryl methyl sites for hydroxylation is 2. The van der Waals surface area contributed by atoms with Crippen LogP contribution in [0.1, 0.15) is 42.9 Å². The molecular formula is C22H29NO2. The Morgan fingerprint density at radius 3 is 2.60 bits per heavy atom. The second-order valence-corrected chi connectivity index (χ2v) is 6.28. The molecule has 0 aliphatic heterocycles. The molecule has 25 heavy (non-hydrogen) atoms. The molecule has 1 aromatic carbocycles. The Morgan fingerprint density at radius 1 is 1.08 bits per heavy atom. The van der Waals surface area contributed by atoms with Crippen LogP contribution in [0.25, 0.3) is 6.08 Å². The van der Waals surface area contributed by atoms with Crippen molar-refractivity contribution in [3.63, 3.8) is 0 Å². The number of hydrogen-bond acceptors (Lipinski definition) is 3. The van der Waals surface area contributed by atoms with Gasteiger partial charge in [0.1, 0.15) is 0 Å². The number of nitrogens with zero attached hydrogens (tertiary/aromatic N) is 1. The van der Waals surface area contributed by atoms with E-state index in [-0.39, 0.29) is 0 Å². The number of unbranched alkanes of at least 4 members (excludes halogenated alkanes) is 1. The third-order valence-electron chi connectivity index (χ3n) is 4.12. The topological polar surface area (TPSA) is 42.4 Å². The van der Waals surface area contributed by atoms with Gasteiger partial charge in [-0.1, -0.05) is 55.8 Å². The van der Waals surface area contributed by atoms with Gasteiger partial charge in [0.05, 0.1) is 6.10 Å². The summed E-state index contributed by atoms with van der Waals surface area (Å²) in [5.74, 6) is 0. The Balaban J connectivity index is 1.71. The average molecular weight is 339 g/mol. The van der Waals surface area contributed by atoms with Crippen molar-refractivity contribution in [3.05, 3.63) is 71.6 Å². The summed E-state index contributed by atoms with van der Waals surface area (Å²) in [5, 5.41) is 9.96. The molecule has 2 rings (SSSR count). The Hall–Kier alpha value is -1.97. The molecule has 0 saturated heterocycles. The molecule has 0 spiro atoms. The fraction of sp³-hybridized carbons (Fsp3) is 0.409. The summed E-state index contributed by atoms with van der Waals surface area (Å²) in [5.41, 5.74) is 3.68. The van der Waals surface area contributed by atoms with Crippen LogP contribution in [0.4, 0.5) is 0 Å². The Morgan fingerprint density at radius 2 is 1.88 bits per heavy atom. The van der Waals surface area contributed by atoms with Crippen LogP contribution in [0.3, 0.4) is 0 Å². The second kappa shape index (κ2) is 11.6. The van der Waals surface area contributed by atoms with E-state index in [0.29, 0.717) is 13.0 Å². The van der Waals surface area contributed by atoms with Crippen molar-refractivity contribution in [3.8, 4) is 0 Å². The zero-order valence-corrected chi connectivity index (χ0v) is 15.1. The van der Waals surface area contributed by atoms with Gasteiger partial charge in [0.15, 0.2) is 0 Å². The SMILES string of the molecule is CCCCOCCC(O)C=Cc1ccc(CCc2cccnc2)cc1. The van der Waals surface area contributed by atoms with Crippen LogP contribution in [0.15, 0.2) is 54.9 Å². The first-order valence-electron chi connectivity index (χ1n) is 9.20. The van der Waals surface area contributed by atoms with E-state index in [9.17, 15) is 5.11 Å². The van der Waals surface area contributed by atoms with Gasteiger partial charge in [-0.25, -0.2) is 0 Å². The quantitative estimate of drug-likeness (QED) is 0.615.